The van der Waals surface area contributed by atoms with Gasteiger partial charge in [0.1, 0.15) is 29.5 Å². The second-order valence-corrected chi connectivity index (χ2v) is 18.8. The molecule has 0 bridgehead atoms. The van der Waals surface area contributed by atoms with E-state index in [9.17, 15) is 24.3 Å². The number of imidazole rings is 2. The molecular formula is C50H63FN10O8. The molecule has 0 saturated carbocycles. The zero-order valence-corrected chi connectivity index (χ0v) is 39.9. The van der Waals surface area contributed by atoms with Crippen LogP contribution in [0, 0.1) is 5.82 Å². The number of benzene rings is 3. The van der Waals surface area contributed by atoms with Crippen molar-refractivity contribution in [3.63, 3.8) is 0 Å². The number of aromatic amines is 2. The molecule has 8 atom stereocenters. The number of hydrogen-bond donors (Lipinski definition) is 5. The van der Waals surface area contributed by atoms with Crippen molar-refractivity contribution in [2.24, 2.45) is 0 Å². The van der Waals surface area contributed by atoms with Crippen molar-refractivity contribution in [1.29, 1.82) is 0 Å². The molecular weight excluding hydrogens is 888 g/mol. The second kappa shape index (κ2) is 20.2. The minimum absolute atomic E-state index is 0.135. The molecule has 2 aromatic heterocycles. The van der Waals surface area contributed by atoms with Gasteiger partial charge in [0, 0.05) is 46.1 Å². The van der Waals surface area contributed by atoms with Crippen molar-refractivity contribution < 1.29 is 42.9 Å². The lowest BCUT2D eigenvalue weighted by Crippen LogP contribution is -2.54. The molecule has 4 aliphatic heterocycles. The molecule has 4 amide bonds. The monoisotopic (exact) mass is 950 g/mol. The van der Waals surface area contributed by atoms with E-state index >= 15 is 4.39 Å². The Hall–Kier alpha value is -6.47. The number of methoxy groups -OCH3 is 3. The number of rotatable bonds is 14. The van der Waals surface area contributed by atoms with Crippen LogP contribution in [0.1, 0.15) is 119 Å². The topological polar surface area (TPSA) is 211 Å². The molecule has 0 radical (unpaired) electrons. The van der Waals surface area contributed by atoms with E-state index in [0.717, 1.165) is 96.9 Å². The highest BCUT2D eigenvalue weighted by Gasteiger charge is 2.41. The fourth-order valence-corrected chi connectivity index (χ4v) is 11.0. The van der Waals surface area contributed by atoms with Crippen molar-refractivity contribution in [3.8, 4) is 0 Å². The molecule has 4 fully saturated rings. The highest BCUT2D eigenvalue weighted by molar-refractivity contribution is 5.88. The number of nitrogens with one attached hydrogen (secondary N) is 4. The predicted octanol–water partition coefficient (Wildman–Crippen LogP) is 7.41. The lowest BCUT2D eigenvalue weighted by molar-refractivity contribution is -0.138. The van der Waals surface area contributed by atoms with E-state index < -0.39 is 36.5 Å². The third kappa shape index (κ3) is 9.50. The number of ether oxygens (including phenoxy) is 3. The van der Waals surface area contributed by atoms with Gasteiger partial charge < -0.3 is 59.5 Å². The van der Waals surface area contributed by atoms with E-state index in [-0.39, 0.29) is 41.8 Å². The first-order chi connectivity index (χ1) is 33.4. The number of likely N-dealkylation sites (tertiary alicyclic amines) is 2. The summed E-state index contributed by atoms with van der Waals surface area (Å²) in [4.78, 5) is 76.6. The fourth-order valence-electron chi connectivity index (χ4n) is 11.0. The molecule has 6 heterocycles. The van der Waals surface area contributed by atoms with Crippen LogP contribution in [-0.4, -0.2) is 131 Å². The van der Waals surface area contributed by atoms with E-state index in [1.807, 2.05) is 24.3 Å². The molecule has 18 nitrogen and oxygen atoms in total. The Morgan fingerprint density at radius 2 is 1.19 bits per heavy atom. The number of amides is 4. The van der Waals surface area contributed by atoms with Crippen molar-refractivity contribution in [2.45, 2.75) is 120 Å². The number of halogens is 1. The Balaban J connectivity index is 1.02. The third-order valence-electron chi connectivity index (χ3n) is 14.8. The summed E-state index contributed by atoms with van der Waals surface area (Å²) >= 11 is 0. The minimum Gasteiger partial charge on any atom is -0.465 e. The normalized spacial score (nSPS) is 22.5. The van der Waals surface area contributed by atoms with Crippen molar-refractivity contribution >= 4 is 57.4 Å². The first-order valence-corrected chi connectivity index (χ1v) is 24.2. The lowest BCUT2D eigenvalue weighted by Gasteiger charge is -2.34. The molecule has 0 spiro atoms. The molecule has 4 aliphatic rings. The van der Waals surface area contributed by atoms with Crippen molar-refractivity contribution in [2.75, 3.05) is 57.3 Å². The lowest BCUT2D eigenvalue weighted by atomic mass is 10.0. The summed E-state index contributed by atoms with van der Waals surface area (Å²) in [5.41, 5.74) is 6.56. The molecule has 19 heteroatoms. The Morgan fingerprint density at radius 3 is 1.67 bits per heavy atom. The molecule has 1 unspecified atom stereocenters. The third-order valence-corrected chi connectivity index (χ3v) is 14.8. The first kappa shape index (κ1) is 47.6. The van der Waals surface area contributed by atoms with Gasteiger partial charge in [0.15, 0.2) is 0 Å². The SMILES string of the molecule is COC(=O)N[C@H](C(=O)N1CCC[C@H]1c1nc2ccc([C@@H]3CC[C@@H](c4ccc5nc([C@@H]6CCCN6C(=O)[C@@H](NC(=O)O)[C@@H](C)OC)[nH]c5c4)N3c3ccc(N4CCCCC4)c(F)c3)cc2[nH]1)C(C)OC. The maximum atomic E-state index is 16.4. The van der Waals surface area contributed by atoms with Crippen LogP contribution >= 0.6 is 0 Å². The van der Waals surface area contributed by atoms with Gasteiger partial charge in [-0.05, 0) is 125 Å². The average Bonchev–Trinajstić information content (AvgIpc) is 4.23. The van der Waals surface area contributed by atoms with Crippen LogP contribution in [0.3, 0.4) is 0 Å². The van der Waals surface area contributed by atoms with Gasteiger partial charge in [0.25, 0.3) is 0 Å². The molecule has 9 rings (SSSR count). The molecule has 368 valence electrons. The number of alkyl carbamates (subject to hydrolysis) is 1. The van der Waals surface area contributed by atoms with Gasteiger partial charge in [-0.2, -0.15) is 0 Å². The van der Waals surface area contributed by atoms with Gasteiger partial charge in [-0.25, -0.2) is 23.9 Å². The zero-order valence-electron chi connectivity index (χ0n) is 39.9. The van der Waals surface area contributed by atoms with Crippen LogP contribution in [-0.2, 0) is 23.8 Å². The van der Waals surface area contributed by atoms with E-state index in [0.29, 0.717) is 43.3 Å². The fraction of sp³-hybridized carbons (Fsp3) is 0.520. The van der Waals surface area contributed by atoms with Gasteiger partial charge in [-0.15, -0.1) is 0 Å². The Bertz CT molecular complexity index is 2690. The number of carbonyl (C=O) groups is 4. The molecule has 0 aliphatic carbocycles. The molecule has 4 saturated heterocycles. The second-order valence-electron chi connectivity index (χ2n) is 18.8. The number of piperidine rings is 1. The van der Waals surface area contributed by atoms with Gasteiger partial charge in [-0.3, -0.25) is 9.59 Å². The van der Waals surface area contributed by atoms with Gasteiger partial charge in [-0.1, -0.05) is 12.1 Å². The number of nitrogens with zero attached hydrogens (tertiary/aromatic N) is 6. The summed E-state index contributed by atoms with van der Waals surface area (Å²) in [5, 5.41) is 14.5. The maximum Gasteiger partial charge on any atom is 0.407 e. The number of carboxylic acid groups (broad SMARTS) is 1. The van der Waals surface area contributed by atoms with Crippen LogP contribution in [0.15, 0.2) is 54.6 Å². The first-order valence-electron chi connectivity index (χ1n) is 24.2. The standard InChI is InChI=1S/C50H63FN10O8/c1-28(67-3)43(56-49(64)65)47(62)59-23-9-11-41(59)45-52-34-16-13-30(25-36(34)54-45)38-19-20-39(61(38)32-15-18-40(33(51)27-32)58-21-7-6-8-22-58)31-14-17-35-37(26-31)55-46(53-35)42-12-10-24-60(42)48(63)44(29(2)68-4)57-50(66)69-5/h13-18,25-29,38-39,41-44,56H,6-12,19-24H2,1-5H3,(H,52,54)(H,53,55)(H,57,66)(H,64,65)/t28-,29?,38+,39+,41+,42+,43+,44+/m1/s1. The largest absolute Gasteiger partial charge is 0.465 e. The van der Waals surface area contributed by atoms with Crippen LogP contribution in [0.25, 0.3) is 22.1 Å². The number of carbonyl (C=O) groups excluding carboxylic acids is 3. The number of H-pyrrole nitrogens is 2. The Kier molecular flexibility index (Phi) is 14.0. The summed E-state index contributed by atoms with van der Waals surface area (Å²) in [5.74, 6) is 0.392. The van der Waals surface area contributed by atoms with Crippen molar-refractivity contribution in [1.82, 2.24) is 40.4 Å². The molecule has 69 heavy (non-hydrogen) atoms. The van der Waals surface area contributed by atoms with E-state index in [4.69, 9.17) is 24.2 Å². The van der Waals surface area contributed by atoms with Crippen molar-refractivity contribution in [3.05, 3.63) is 83.2 Å². The van der Waals surface area contributed by atoms with Crippen LogP contribution in [0.4, 0.5) is 25.4 Å². The van der Waals surface area contributed by atoms with E-state index in [1.54, 1.807) is 29.7 Å². The highest BCUT2D eigenvalue weighted by atomic mass is 19.1. The average molecular weight is 951 g/mol. The summed E-state index contributed by atoms with van der Waals surface area (Å²) in [6.07, 6.45) is 4.34. The quantitative estimate of drug-likeness (QED) is 0.0737. The minimum atomic E-state index is -1.30. The molecule has 5 aromatic rings. The Morgan fingerprint density at radius 1 is 0.667 bits per heavy atom. The van der Waals surface area contributed by atoms with Crippen LogP contribution in [0.2, 0.25) is 0 Å². The van der Waals surface area contributed by atoms with Gasteiger partial charge in [0.2, 0.25) is 11.8 Å². The maximum absolute atomic E-state index is 16.4. The van der Waals surface area contributed by atoms with Gasteiger partial charge in [0.05, 0.1) is 71.2 Å². The van der Waals surface area contributed by atoms with E-state index in [2.05, 4.69) is 54.7 Å². The summed E-state index contributed by atoms with van der Waals surface area (Å²) in [6.45, 7) is 6.00. The predicted molar refractivity (Wildman–Crippen MR) is 256 cm³/mol. The zero-order chi connectivity index (χ0) is 48.5. The number of hydrogen-bond acceptors (Lipinski definition) is 11. The molecule has 3 aromatic carbocycles. The number of anilines is 2. The van der Waals surface area contributed by atoms with Crippen LogP contribution < -0.4 is 20.4 Å². The summed E-state index contributed by atoms with van der Waals surface area (Å²) < 4.78 is 32.1. The number of fused-ring (bicyclic) bond motifs is 2. The number of aromatic nitrogens is 4. The van der Waals surface area contributed by atoms with Gasteiger partial charge >= 0.3 is 12.2 Å². The highest BCUT2D eigenvalue weighted by Crippen LogP contribution is 2.48. The Labute approximate surface area is 400 Å². The van der Waals surface area contributed by atoms with E-state index in [1.165, 1.54) is 21.3 Å². The summed E-state index contributed by atoms with van der Waals surface area (Å²) in [6, 6.07) is 15.0. The smallest absolute Gasteiger partial charge is 0.407 e. The van der Waals surface area contributed by atoms with Crippen LogP contribution in [0.5, 0.6) is 0 Å². The summed E-state index contributed by atoms with van der Waals surface area (Å²) in [7, 11) is 4.19. The molecule has 5 N–H and O–H groups in total.